The van der Waals surface area contributed by atoms with Crippen molar-refractivity contribution < 1.29 is 27.2 Å². The molecule has 4 aromatic rings. The Morgan fingerprint density at radius 1 is 0.844 bits per heavy atom. The van der Waals surface area contributed by atoms with Crippen LogP contribution in [0.15, 0.2) is 97.1 Å². The third-order valence-electron chi connectivity index (χ3n) is 7.35. The van der Waals surface area contributed by atoms with Crippen molar-refractivity contribution >= 4 is 50.5 Å². The van der Waals surface area contributed by atoms with Gasteiger partial charge in [-0.2, -0.15) is 0 Å². The largest absolute Gasteiger partial charge is 0.352 e. The minimum atomic E-state index is -3.48. The number of sulfonamides is 1. The molecule has 0 saturated carbocycles. The number of carbonyl (C=O) groups is 3. The molecule has 5 rings (SSSR count). The molecule has 12 heteroatoms. The van der Waals surface area contributed by atoms with E-state index in [1.54, 1.807) is 91.0 Å². The standard InChI is InChI=1S/C33H32FN5O5S/c1-45(43,44)37-25-14-10-23(11-15-25)21-38-29-8-4-5-9-30(29)39(26-16-12-22(19-35)13-17-26)33(42)27(32(38)41)18-31(40)36-20-24-6-2-3-7-28(24)34/h2-17,27,37H,18-21,35H2,1H3,(H,36,40). The number of halogens is 1. The maximum absolute atomic E-state index is 14.3. The Kier molecular flexibility index (Phi) is 9.26. The van der Waals surface area contributed by atoms with Gasteiger partial charge in [0, 0.05) is 36.4 Å². The van der Waals surface area contributed by atoms with Crippen LogP contribution in [0.4, 0.5) is 27.1 Å². The van der Waals surface area contributed by atoms with Crippen molar-refractivity contribution in [2.24, 2.45) is 11.7 Å². The molecular formula is C33H32FN5O5S. The van der Waals surface area contributed by atoms with Crippen molar-refractivity contribution in [2.45, 2.75) is 26.1 Å². The van der Waals surface area contributed by atoms with Gasteiger partial charge in [-0.15, -0.1) is 0 Å². The summed E-state index contributed by atoms with van der Waals surface area (Å²) in [4.78, 5) is 44.6. The van der Waals surface area contributed by atoms with Crippen LogP contribution in [0.1, 0.15) is 23.1 Å². The van der Waals surface area contributed by atoms with E-state index in [2.05, 4.69) is 10.0 Å². The summed E-state index contributed by atoms with van der Waals surface area (Å²) in [5, 5.41) is 2.64. The molecule has 1 aliphatic heterocycles. The summed E-state index contributed by atoms with van der Waals surface area (Å²) in [5.74, 6) is -3.66. The molecule has 3 amide bonds. The fraction of sp³-hybridized carbons (Fsp3) is 0.182. The average molecular weight is 630 g/mol. The van der Waals surface area contributed by atoms with Crippen molar-refractivity contribution in [3.63, 3.8) is 0 Å². The number of amides is 3. The smallest absolute Gasteiger partial charge is 0.244 e. The summed E-state index contributed by atoms with van der Waals surface area (Å²) in [6.07, 6.45) is 0.581. The number of hydrogen-bond donors (Lipinski definition) is 3. The van der Waals surface area contributed by atoms with Crippen molar-refractivity contribution in [3.8, 4) is 0 Å². The molecule has 1 unspecified atom stereocenters. The fourth-order valence-corrected chi connectivity index (χ4v) is 5.69. The van der Waals surface area contributed by atoms with E-state index in [9.17, 15) is 27.2 Å². The van der Waals surface area contributed by atoms with Crippen LogP contribution in [0, 0.1) is 11.7 Å². The van der Waals surface area contributed by atoms with Crippen molar-refractivity contribution in [3.05, 3.63) is 120 Å². The van der Waals surface area contributed by atoms with E-state index >= 15 is 0 Å². The lowest BCUT2D eigenvalue weighted by atomic mass is 10.0. The molecule has 0 aromatic heterocycles. The summed E-state index contributed by atoms with van der Waals surface area (Å²) < 4.78 is 39.9. The Morgan fingerprint density at radius 3 is 2.11 bits per heavy atom. The van der Waals surface area contributed by atoms with Crippen LogP contribution >= 0.6 is 0 Å². The van der Waals surface area contributed by atoms with Crippen molar-refractivity contribution in [2.75, 3.05) is 20.8 Å². The van der Waals surface area contributed by atoms with Gasteiger partial charge < -0.3 is 16.0 Å². The first-order valence-corrected chi connectivity index (χ1v) is 16.0. The number of carbonyl (C=O) groups excluding carboxylic acids is 3. The highest BCUT2D eigenvalue weighted by atomic mass is 32.2. The molecule has 4 aromatic carbocycles. The Balaban J connectivity index is 1.51. The molecule has 0 aliphatic carbocycles. The molecule has 4 N–H and O–H groups in total. The molecule has 0 saturated heterocycles. The zero-order valence-electron chi connectivity index (χ0n) is 24.4. The average Bonchev–Trinajstić information content (AvgIpc) is 3.10. The number of nitrogens with zero attached hydrogens (tertiary/aromatic N) is 2. The number of nitrogens with one attached hydrogen (secondary N) is 2. The Labute approximate surface area is 260 Å². The molecule has 0 fully saturated rings. The first-order valence-electron chi connectivity index (χ1n) is 14.1. The van der Waals surface area contributed by atoms with Gasteiger partial charge >= 0.3 is 0 Å². The lowest BCUT2D eigenvalue weighted by Gasteiger charge is -2.26. The van der Waals surface area contributed by atoms with Gasteiger partial charge in [0.05, 0.1) is 24.2 Å². The summed E-state index contributed by atoms with van der Waals surface area (Å²) in [6, 6.07) is 26.5. The number of anilines is 4. The number of para-hydroxylation sites is 2. The van der Waals surface area contributed by atoms with Gasteiger partial charge in [-0.3, -0.25) is 24.0 Å². The molecule has 232 valence electrons. The fourth-order valence-electron chi connectivity index (χ4n) is 5.12. The molecule has 1 aliphatic rings. The van der Waals surface area contributed by atoms with Crippen LogP contribution in [0.2, 0.25) is 0 Å². The van der Waals surface area contributed by atoms with E-state index < -0.39 is 45.9 Å². The van der Waals surface area contributed by atoms with Crippen LogP contribution in [0.3, 0.4) is 0 Å². The third kappa shape index (κ3) is 7.36. The van der Waals surface area contributed by atoms with Gasteiger partial charge in [-0.05, 0) is 53.6 Å². The molecule has 1 atom stereocenters. The lowest BCUT2D eigenvalue weighted by molar-refractivity contribution is -0.136. The Hall–Kier alpha value is -5.07. The zero-order valence-corrected chi connectivity index (χ0v) is 25.3. The minimum absolute atomic E-state index is 0.0373. The Morgan fingerprint density at radius 2 is 1.47 bits per heavy atom. The number of nitrogens with two attached hydrogens (primary N) is 1. The van der Waals surface area contributed by atoms with Gasteiger partial charge in [0.1, 0.15) is 11.7 Å². The first kappa shape index (κ1) is 31.4. The van der Waals surface area contributed by atoms with Gasteiger partial charge in [0.2, 0.25) is 27.7 Å². The SMILES string of the molecule is CS(=O)(=O)Nc1ccc(CN2C(=O)C(CC(=O)NCc3ccccc3F)C(=O)N(c3ccc(CN)cc3)c3ccccc32)cc1. The van der Waals surface area contributed by atoms with Gasteiger partial charge in [0.15, 0.2) is 0 Å². The lowest BCUT2D eigenvalue weighted by Crippen LogP contribution is -2.43. The van der Waals surface area contributed by atoms with E-state index in [0.717, 1.165) is 11.8 Å². The highest BCUT2D eigenvalue weighted by molar-refractivity contribution is 7.92. The normalized spacial score (nSPS) is 15.0. The van der Waals surface area contributed by atoms with Gasteiger partial charge in [-0.25, -0.2) is 12.8 Å². The van der Waals surface area contributed by atoms with Crippen LogP contribution < -0.4 is 25.6 Å². The van der Waals surface area contributed by atoms with Gasteiger partial charge in [0.25, 0.3) is 0 Å². The molecule has 0 radical (unpaired) electrons. The van der Waals surface area contributed by atoms with E-state index in [1.165, 1.54) is 15.9 Å². The number of fused-ring (bicyclic) bond motifs is 1. The number of rotatable bonds is 10. The van der Waals surface area contributed by atoms with Crippen molar-refractivity contribution in [1.82, 2.24) is 5.32 Å². The first-order chi connectivity index (χ1) is 21.5. The van der Waals surface area contributed by atoms with Crippen LogP contribution in [0.25, 0.3) is 0 Å². The van der Waals surface area contributed by atoms with Crippen LogP contribution in [0.5, 0.6) is 0 Å². The predicted octanol–water partition coefficient (Wildman–Crippen LogP) is 4.19. The number of benzene rings is 4. The monoisotopic (exact) mass is 629 g/mol. The molecule has 10 nitrogen and oxygen atoms in total. The van der Waals surface area contributed by atoms with E-state index in [0.29, 0.717) is 34.9 Å². The highest BCUT2D eigenvalue weighted by Crippen LogP contribution is 2.40. The zero-order chi connectivity index (χ0) is 32.1. The van der Waals surface area contributed by atoms with E-state index in [1.807, 2.05) is 0 Å². The molecule has 1 heterocycles. The maximum Gasteiger partial charge on any atom is 0.244 e. The minimum Gasteiger partial charge on any atom is -0.352 e. The quantitative estimate of drug-likeness (QED) is 0.225. The summed E-state index contributed by atoms with van der Waals surface area (Å²) in [6.45, 7) is 0.235. The molecule has 0 spiro atoms. The van der Waals surface area contributed by atoms with Crippen LogP contribution in [-0.2, 0) is 44.0 Å². The second-order valence-electron chi connectivity index (χ2n) is 10.7. The molecule has 0 bridgehead atoms. The summed E-state index contributed by atoms with van der Waals surface area (Å²) >= 11 is 0. The molecule has 45 heavy (non-hydrogen) atoms. The van der Waals surface area contributed by atoms with Crippen LogP contribution in [-0.4, -0.2) is 32.4 Å². The van der Waals surface area contributed by atoms with Crippen molar-refractivity contribution in [1.29, 1.82) is 0 Å². The summed E-state index contributed by atoms with van der Waals surface area (Å²) in [5.41, 5.74) is 9.31. The summed E-state index contributed by atoms with van der Waals surface area (Å²) in [7, 11) is -3.48. The number of hydrogen-bond acceptors (Lipinski definition) is 6. The second kappa shape index (κ2) is 13.3. The van der Waals surface area contributed by atoms with E-state index in [4.69, 9.17) is 5.73 Å². The highest BCUT2D eigenvalue weighted by Gasteiger charge is 2.42. The maximum atomic E-state index is 14.3. The van der Waals surface area contributed by atoms with E-state index in [-0.39, 0.29) is 18.7 Å². The third-order valence-corrected chi connectivity index (χ3v) is 7.95. The predicted molar refractivity (Wildman–Crippen MR) is 170 cm³/mol. The second-order valence-corrected chi connectivity index (χ2v) is 12.4. The Bertz CT molecular complexity index is 1830. The van der Waals surface area contributed by atoms with Gasteiger partial charge in [-0.1, -0.05) is 54.6 Å². The molecular weight excluding hydrogens is 597 g/mol. The topological polar surface area (TPSA) is 142 Å².